The summed E-state index contributed by atoms with van der Waals surface area (Å²) in [5.41, 5.74) is 1.87. The van der Waals surface area contributed by atoms with Crippen LogP contribution in [0.25, 0.3) is 0 Å². The minimum Gasteiger partial charge on any atom is -0.307 e. The summed E-state index contributed by atoms with van der Waals surface area (Å²) >= 11 is 5.92. The lowest BCUT2D eigenvalue weighted by molar-refractivity contribution is 0.200. The first-order valence-corrected chi connectivity index (χ1v) is 7.36. The summed E-state index contributed by atoms with van der Waals surface area (Å²) in [5, 5.41) is 4.56. The highest BCUT2D eigenvalue weighted by molar-refractivity contribution is 6.30. The van der Waals surface area contributed by atoms with Crippen LogP contribution in [0.2, 0.25) is 5.02 Å². The van der Waals surface area contributed by atoms with Crippen LogP contribution in [0.5, 0.6) is 0 Å². The van der Waals surface area contributed by atoms with E-state index < -0.39 is 0 Å². The van der Waals surface area contributed by atoms with Crippen LogP contribution in [-0.4, -0.2) is 6.04 Å². The summed E-state index contributed by atoms with van der Waals surface area (Å²) in [6, 6.07) is 9.26. The topological polar surface area (TPSA) is 12.0 Å². The van der Waals surface area contributed by atoms with Crippen LogP contribution in [0.1, 0.15) is 58.1 Å². The molecule has 1 atom stereocenters. The van der Waals surface area contributed by atoms with Gasteiger partial charge in [-0.2, -0.15) is 0 Å². The molecule has 1 saturated carbocycles. The summed E-state index contributed by atoms with van der Waals surface area (Å²) in [7, 11) is 0. The molecule has 1 aromatic rings. The summed E-state index contributed by atoms with van der Waals surface area (Å²) in [5.74, 6) is 0. The van der Waals surface area contributed by atoms with Gasteiger partial charge >= 0.3 is 0 Å². The zero-order chi connectivity index (χ0) is 13.2. The zero-order valence-electron chi connectivity index (χ0n) is 11.7. The Kier molecular flexibility index (Phi) is 4.34. The predicted octanol–water partition coefficient (Wildman–Crippen LogP) is 4.96. The molecule has 0 bridgehead atoms. The number of hydrogen-bond acceptors (Lipinski definition) is 1. The molecule has 1 aliphatic rings. The number of nitrogens with one attached hydrogen (secondary N) is 1. The van der Waals surface area contributed by atoms with E-state index in [0.717, 1.165) is 5.02 Å². The molecule has 100 valence electrons. The second-order valence-electron chi connectivity index (χ2n) is 6.38. The first-order chi connectivity index (χ1) is 8.46. The van der Waals surface area contributed by atoms with Crippen molar-refractivity contribution in [3.8, 4) is 0 Å². The maximum atomic E-state index is 5.92. The maximum Gasteiger partial charge on any atom is 0.0406 e. The average Bonchev–Trinajstić information content (AvgIpc) is 2.33. The molecule has 1 unspecified atom stereocenters. The molecule has 0 aliphatic heterocycles. The molecule has 0 radical (unpaired) electrons. The Hall–Kier alpha value is -0.530. The van der Waals surface area contributed by atoms with Gasteiger partial charge < -0.3 is 5.32 Å². The van der Waals surface area contributed by atoms with E-state index in [4.69, 9.17) is 11.6 Å². The van der Waals surface area contributed by atoms with Crippen molar-refractivity contribution in [1.29, 1.82) is 0 Å². The summed E-state index contributed by atoms with van der Waals surface area (Å²) in [4.78, 5) is 0. The Labute approximate surface area is 116 Å². The number of hydrogen-bond donors (Lipinski definition) is 1. The van der Waals surface area contributed by atoms with Gasteiger partial charge in [0.1, 0.15) is 0 Å². The van der Waals surface area contributed by atoms with Gasteiger partial charge in [0.15, 0.2) is 0 Å². The Bertz CT molecular complexity index is 373. The van der Waals surface area contributed by atoms with Crippen LogP contribution >= 0.6 is 11.6 Å². The molecular formula is C16H24ClN. The summed E-state index contributed by atoms with van der Waals surface area (Å²) in [6.45, 7) is 7.00. The Balaban J connectivity index is 1.88. The standard InChI is InChI=1S/C16H24ClN/c1-12(13-4-6-14(17)7-5-13)18-15-8-10-16(2,3)11-9-15/h4-7,12,15,18H,8-11H2,1-3H3. The van der Waals surface area contributed by atoms with E-state index in [1.807, 2.05) is 12.1 Å². The van der Waals surface area contributed by atoms with Crippen molar-refractivity contribution in [3.05, 3.63) is 34.9 Å². The Morgan fingerprint density at radius 2 is 1.72 bits per heavy atom. The van der Waals surface area contributed by atoms with E-state index in [1.54, 1.807) is 0 Å². The Morgan fingerprint density at radius 1 is 1.17 bits per heavy atom. The van der Waals surface area contributed by atoms with Crippen LogP contribution in [0.4, 0.5) is 0 Å². The second-order valence-corrected chi connectivity index (χ2v) is 6.81. The lowest BCUT2D eigenvalue weighted by Gasteiger charge is -2.36. The normalized spacial score (nSPS) is 21.8. The van der Waals surface area contributed by atoms with Crippen molar-refractivity contribution in [2.45, 2.75) is 58.5 Å². The van der Waals surface area contributed by atoms with Gasteiger partial charge in [-0.15, -0.1) is 0 Å². The fourth-order valence-corrected chi connectivity index (χ4v) is 2.89. The molecule has 0 saturated heterocycles. The number of rotatable bonds is 3. The van der Waals surface area contributed by atoms with Gasteiger partial charge in [-0.25, -0.2) is 0 Å². The van der Waals surface area contributed by atoms with Gasteiger partial charge in [-0.1, -0.05) is 37.6 Å². The molecular weight excluding hydrogens is 242 g/mol. The van der Waals surface area contributed by atoms with Gasteiger partial charge in [0.2, 0.25) is 0 Å². The monoisotopic (exact) mass is 265 g/mol. The molecule has 1 nitrogen and oxygen atoms in total. The van der Waals surface area contributed by atoms with E-state index in [2.05, 4.69) is 38.2 Å². The molecule has 2 rings (SSSR count). The SMILES string of the molecule is CC(NC1CCC(C)(C)CC1)c1ccc(Cl)cc1. The highest BCUT2D eigenvalue weighted by Crippen LogP contribution is 2.35. The molecule has 0 heterocycles. The third-order valence-corrected chi connectivity index (χ3v) is 4.45. The fourth-order valence-electron chi connectivity index (χ4n) is 2.77. The minimum absolute atomic E-state index is 0.411. The van der Waals surface area contributed by atoms with Gasteiger partial charge in [-0.05, 0) is 55.7 Å². The second kappa shape index (κ2) is 5.63. The van der Waals surface area contributed by atoms with E-state index in [-0.39, 0.29) is 0 Å². The summed E-state index contributed by atoms with van der Waals surface area (Å²) < 4.78 is 0. The number of benzene rings is 1. The molecule has 18 heavy (non-hydrogen) atoms. The predicted molar refractivity (Wildman–Crippen MR) is 79.0 cm³/mol. The van der Waals surface area contributed by atoms with Crippen LogP contribution in [0.3, 0.4) is 0 Å². The Morgan fingerprint density at radius 3 is 2.28 bits per heavy atom. The van der Waals surface area contributed by atoms with Crippen molar-refractivity contribution in [2.75, 3.05) is 0 Å². The average molecular weight is 266 g/mol. The number of halogens is 1. The fraction of sp³-hybridized carbons (Fsp3) is 0.625. The van der Waals surface area contributed by atoms with Crippen LogP contribution in [0.15, 0.2) is 24.3 Å². The van der Waals surface area contributed by atoms with Crippen molar-refractivity contribution in [1.82, 2.24) is 5.32 Å². The molecule has 0 spiro atoms. The van der Waals surface area contributed by atoms with Crippen molar-refractivity contribution >= 4 is 11.6 Å². The minimum atomic E-state index is 0.411. The highest BCUT2D eigenvalue weighted by atomic mass is 35.5. The zero-order valence-corrected chi connectivity index (χ0v) is 12.4. The van der Waals surface area contributed by atoms with Gasteiger partial charge in [-0.3, -0.25) is 0 Å². The molecule has 1 fully saturated rings. The summed E-state index contributed by atoms with van der Waals surface area (Å²) in [6.07, 6.45) is 5.26. The van der Waals surface area contributed by atoms with E-state index >= 15 is 0 Å². The third-order valence-electron chi connectivity index (χ3n) is 4.19. The smallest absolute Gasteiger partial charge is 0.0406 e. The first kappa shape index (κ1) is 13.9. The van der Waals surface area contributed by atoms with Crippen molar-refractivity contribution in [3.63, 3.8) is 0 Å². The van der Waals surface area contributed by atoms with Gasteiger partial charge in [0, 0.05) is 17.1 Å². The molecule has 0 aromatic heterocycles. The largest absolute Gasteiger partial charge is 0.307 e. The highest BCUT2D eigenvalue weighted by Gasteiger charge is 2.27. The molecule has 0 amide bonds. The molecule has 1 aromatic carbocycles. The molecule has 1 aliphatic carbocycles. The third kappa shape index (κ3) is 3.73. The van der Waals surface area contributed by atoms with E-state index in [9.17, 15) is 0 Å². The van der Waals surface area contributed by atoms with Gasteiger partial charge in [0.25, 0.3) is 0 Å². The lowest BCUT2D eigenvalue weighted by atomic mass is 9.75. The van der Waals surface area contributed by atoms with Crippen molar-refractivity contribution in [2.24, 2.45) is 5.41 Å². The van der Waals surface area contributed by atoms with Crippen LogP contribution in [-0.2, 0) is 0 Å². The maximum absolute atomic E-state index is 5.92. The van der Waals surface area contributed by atoms with Gasteiger partial charge in [0.05, 0.1) is 0 Å². The van der Waals surface area contributed by atoms with E-state index in [0.29, 0.717) is 17.5 Å². The lowest BCUT2D eigenvalue weighted by Crippen LogP contribution is -2.36. The molecule has 1 N–H and O–H groups in total. The van der Waals surface area contributed by atoms with Crippen LogP contribution < -0.4 is 5.32 Å². The first-order valence-electron chi connectivity index (χ1n) is 6.98. The van der Waals surface area contributed by atoms with Crippen LogP contribution in [0, 0.1) is 5.41 Å². The molecule has 2 heteroatoms. The van der Waals surface area contributed by atoms with E-state index in [1.165, 1.54) is 31.2 Å². The quantitative estimate of drug-likeness (QED) is 0.815. The van der Waals surface area contributed by atoms with Crippen molar-refractivity contribution < 1.29 is 0 Å².